The maximum Gasteiger partial charge on any atom is 0.109 e. The highest BCUT2D eigenvalue weighted by Crippen LogP contribution is 2.28. The molecule has 0 radical (unpaired) electrons. The Kier molecular flexibility index (Phi) is 5.28. The van der Waals surface area contributed by atoms with Crippen LogP contribution in [0.2, 0.25) is 5.02 Å². The van der Waals surface area contributed by atoms with E-state index in [1.165, 1.54) is 5.82 Å². The van der Waals surface area contributed by atoms with Crippen molar-refractivity contribution < 1.29 is 0 Å². The first-order chi connectivity index (χ1) is 9.96. The second-order valence-electron chi connectivity index (χ2n) is 6.52. The molecule has 0 atom stereocenters. The van der Waals surface area contributed by atoms with E-state index in [4.69, 9.17) is 22.3 Å². The van der Waals surface area contributed by atoms with Crippen molar-refractivity contribution in [3.8, 4) is 0 Å². The van der Waals surface area contributed by atoms with Gasteiger partial charge in [0, 0.05) is 18.0 Å². The summed E-state index contributed by atoms with van der Waals surface area (Å²) >= 11 is 6.14. The van der Waals surface area contributed by atoms with Gasteiger partial charge >= 0.3 is 0 Å². The van der Waals surface area contributed by atoms with E-state index < -0.39 is 0 Å². The molecule has 1 aromatic heterocycles. The quantitative estimate of drug-likeness (QED) is 0.823. The Morgan fingerprint density at radius 2 is 2.05 bits per heavy atom. The average molecular weight is 308 g/mol. The smallest absolute Gasteiger partial charge is 0.109 e. The van der Waals surface area contributed by atoms with E-state index in [0.29, 0.717) is 0 Å². The maximum absolute atomic E-state index is 6.14. The number of rotatable bonds is 7. The molecule has 3 nitrogen and oxygen atoms in total. The molecule has 1 aromatic carbocycles. The van der Waals surface area contributed by atoms with Gasteiger partial charge in [-0.15, -0.1) is 0 Å². The van der Waals surface area contributed by atoms with Gasteiger partial charge in [0.2, 0.25) is 0 Å². The molecule has 2 aromatic rings. The number of halogens is 1. The van der Waals surface area contributed by atoms with Crippen LogP contribution in [0.4, 0.5) is 0 Å². The highest BCUT2D eigenvalue weighted by atomic mass is 35.5. The van der Waals surface area contributed by atoms with Gasteiger partial charge in [-0.05, 0) is 49.4 Å². The van der Waals surface area contributed by atoms with Crippen LogP contribution in [0.25, 0.3) is 11.0 Å². The van der Waals surface area contributed by atoms with Crippen LogP contribution in [0.15, 0.2) is 18.2 Å². The van der Waals surface area contributed by atoms with E-state index in [1.807, 2.05) is 18.2 Å². The Labute approximate surface area is 132 Å². The molecular weight excluding hydrogens is 282 g/mol. The van der Waals surface area contributed by atoms with E-state index in [1.54, 1.807) is 0 Å². The van der Waals surface area contributed by atoms with Crippen molar-refractivity contribution in [2.75, 3.05) is 6.54 Å². The number of aromatic nitrogens is 2. The minimum Gasteiger partial charge on any atom is -0.330 e. The number of fused-ring (bicyclic) bond motifs is 1. The van der Waals surface area contributed by atoms with Crippen LogP contribution in [0.1, 0.15) is 45.9 Å². The molecule has 2 N–H and O–H groups in total. The molecule has 0 saturated heterocycles. The van der Waals surface area contributed by atoms with Gasteiger partial charge in [0.05, 0.1) is 11.0 Å². The second-order valence-corrected chi connectivity index (χ2v) is 6.95. The number of benzene rings is 1. The molecule has 0 bridgehead atoms. The van der Waals surface area contributed by atoms with E-state index in [2.05, 4.69) is 25.3 Å². The summed E-state index contributed by atoms with van der Waals surface area (Å²) in [4.78, 5) is 4.81. The SMILES string of the molecule is CCCn1c(CCC(C)(C)CCN)nc2ccc(Cl)cc21. The van der Waals surface area contributed by atoms with Gasteiger partial charge in [-0.1, -0.05) is 32.4 Å². The molecule has 21 heavy (non-hydrogen) atoms. The third kappa shape index (κ3) is 3.98. The van der Waals surface area contributed by atoms with Crippen LogP contribution in [0.3, 0.4) is 0 Å². The Morgan fingerprint density at radius 3 is 2.71 bits per heavy atom. The second kappa shape index (κ2) is 6.80. The summed E-state index contributed by atoms with van der Waals surface area (Å²) in [5, 5.41) is 0.773. The fourth-order valence-corrected chi connectivity index (χ4v) is 2.94. The number of hydrogen-bond acceptors (Lipinski definition) is 2. The Bertz CT molecular complexity index is 601. The molecule has 116 valence electrons. The molecule has 1 heterocycles. The van der Waals surface area contributed by atoms with E-state index in [9.17, 15) is 0 Å². The molecule has 0 aliphatic rings. The van der Waals surface area contributed by atoms with E-state index >= 15 is 0 Å². The fourth-order valence-electron chi connectivity index (χ4n) is 2.78. The molecule has 0 aliphatic carbocycles. The van der Waals surface area contributed by atoms with Gasteiger partial charge in [0.25, 0.3) is 0 Å². The first kappa shape index (κ1) is 16.3. The minimum absolute atomic E-state index is 0.265. The molecule has 4 heteroatoms. The van der Waals surface area contributed by atoms with Gasteiger partial charge in [0.1, 0.15) is 5.82 Å². The Morgan fingerprint density at radius 1 is 1.29 bits per heavy atom. The van der Waals surface area contributed by atoms with Crippen LogP contribution in [-0.2, 0) is 13.0 Å². The van der Waals surface area contributed by atoms with Gasteiger partial charge in [0.15, 0.2) is 0 Å². The Balaban J connectivity index is 2.28. The number of hydrogen-bond donors (Lipinski definition) is 1. The van der Waals surface area contributed by atoms with Crippen molar-refractivity contribution in [1.82, 2.24) is 9.55 Å². The van der Waals surface area contributed by atoms with Crippen molar-refractivity contribution >= 4 is 22.6 Å². The summed E-state index contributed by atoms with van der Waals surface area (Å²) in [5.41, 5.74) is 8.16. The molecule has 0 aliphatic heterocycles. The normalized spacial score (nSPS) is 12.2. The number of imidazole rings is 1. The summed E-state index contributed by atoms with van der Waals surface area (Å²) < 4.78 is 2.32. The standard InChI is InChI=1S/C17H26ClN3/c1-4-11-21-15-12-13(18)5-6-14(15)20-16(21)7-8-17(2,3)9-10-19/h5-6,12H,4,7-11,19H2,1-3H3. The molecule has 0 fully saturated rings. The average Bonchev–Trinajstić information content (AvgIpc) is 2.75. The van der Waals surface area contributed by atoms with Gasteiger partial charge in [-0.25, -0.2) is 4.98 Å². The topological polar surface area (TPSA) is 43.8 Å². The van der Waals surface area contributed by atoms with Gasteiger partial charge in [-0.2, -0.15) is 0 Å². The predicted molar refractivity (Wildman–Crippen MR) is 90.8 cm³/mol. The highest BCUT2D eigenvalue weighted by molar-refractivity contribution is 6.31. The molecule has 2 rings (SSSR count). The highest BCUT2D eigenvalue weighted by Gasteiger charge is 2.19. The van der Waals surface area contributed by atoms with Crippen LogP contribution in [0.5, 0.6) is 0 Å². The van der Waals surface area contributed by atoms with Crippen LogP contribution < -0.4 is 5.73 Å². The van der Waals surface area contributed by atoms with Gasteiger partial charge < -0.3 is 10.3 Å². The Hall–Kier alpha value is -1.06. The fraction of sp³-hybridized carbons (Fsp3) is 0.588. The van der Waals surface area contributed by atoms with Crippen molar-refractivity contribution in [3.63, 3.8) is 0 Å². The maximum atomic E-state index is 6.14. The summed E-state index contributed by atoms with van der Waals surface area (Å²) in [6, 6.07) is 5.95. The first-order valence-corrected chi connectivity index (χ1v) is 8.19. The molecular formula is C17H26ClN3. The summed E-state index contributed by atoms with van der Waals surface area (Å²) in [6.07, 6.45) is 4.23. The summed E-state index contributed by atoms with van der Waals surface area (Å²) in [5.74, 6) is 1.17. The molecule has 0 unspecified atom stereocenters. The lowest BCUT2D eigenvalue weighted by molar-refractivity contribution is 0.309. The first-order valence-electron chi connectivity index (χ1n) is 7.81. The zero-order valence-corrected chi connectivity index (χ0v) is 14.1. The van der Waals surface area contributed by atoms with Crippen LogP contribution in [-0.4, -0.2) is 16.1 Å². The van der Waals surface area contributed by atoms with Crippen LogP contribution in [0, 0.1) is 5.41 Å². The molecule has 0 saturated carbocycles. The third-order valence-corrected chi connectivity index (χ3v) is 4.32. The third-order valence-electron chi connectivity index (χ3n) is 4.08. The zero-order valence-electron chi connectivity index (χ0n) is 13.3. The number of aryl methyl sites for hydroxylation is 2. The lowest BCUT2D eigenvalue weighted by Gasteiger charge is -2.23. The van der Waals surface area contributed by atoms with Crippen LogP contribution >= 0.6 is 11.6 Å². The van der Waals surface area contributed by atoms with Crippen molar-refractivity contribution in [3.05, 3.63) is 29.0 Å². The summed E-state index contributed by atoms with van der Waals surface area (Å²) in [7, 11) is 0. The van der Waals surface area contributed by atoms with Crippen molar-refractivity contribution in [2.24, 2.45) is 11.1 Å². The lowest BCUT2D eigenvalue weighted by atomic mass is 9.84. The van der Waals surface area contributed by atoms with Gasteiger partial charge in [-0.3, -0.25) is 0 Å². The molecule has 0 spiro atoms. The van der Waals surface area contributed by atoms with E-state index in [-0.39, 0.29) is 5.41 Å². The van der Waals surface area contributed by atoms with E-state index in [0.717, 1.165) is 54.8 Å². The van der Waals surface area contributed by atoms with Crippen molar-refractivity contribution in [1.29, 1.82) is 0 Å². The summed E-state index contributed by atoms with van der Waals surface area (Å²) in [6.45, 7) is 8.49. The minimum atomic E-state index is 0.265. The monoisotopic (exact) mass is 307 g/mol. The zero-order chi connectivity index (χ0) is 15.5. The largest absolute Gasteiger partial charge is 0.330 e. The number of nitrogens with two attached hydrogens (primary N) is 1. The van der Waals surface area contributed by atoms with Crippen molar-refractivity contribution in [2.45, 2.75) is 53.0 Å². The predicted octanol–water partition coefficient (Wildman–Crippen LogP) is 4.41. The number of nitrogens with zero attached hydrogens (tertiary/aromatic N) is 2. The lowest BCUT2D eigenvalue weighted by Crippen LogP contribution is -2.18. The molecule has 0 amide bonds.